The van der Waals surface area contributed by atoms with Crippen molar-refractivity contribution in [2.45, 2.75) is 11.3 Å². The van der Waals surface area contributed by atoms with Crippen LogP contribution in [0.5, 0.6) is 11.5 Å². The average molecular weight is 315 g/mol. The highest BCUT2D eigenvalue weighted by atomic mass is 32.2. The van der Waals surface area contributed by atoms with Gasteiger partial charge in [-0.05, 0) is 54.6 Å². The van der Waals surface area contributed by atoms with E-state index in [9.17, 15) is 4.79 Å². The summed E-state index contributed by atoms with van der Waals surface area (Å²) in [7, 11) is 0. The number of hydrogen-bond acceptors (Lipinski definition) is 4. The number of ether oxygens (including phenoxy) is 2. The number of carbonyl (C=O) groups is 1. The molecule has 0 aromatic heterocycles. The van der Waals surface area contributed by atoms with Crippen molar-refractivity contribution < 1.29 is 14.3 Å². The molecule has 0 spiro atoms. The topological polar surface area (TPSA) is 47.6 Å². The average Bonchev–Trinajstić information content (AvgIpc) is 3.02. The molecule has 0 unspecified atom stereocenters. The predicted molar refractivity (Wildman–Crippen MR) is 86.8 cm³/mol. The van der Waals surface area contributed by atoms with Crippen LogP contribution >= 0.6 is 11.8 Å². The Kier molecular flexibility index (Phi) is 4.53. The minimum absolute atomic E-state index is 0.0478. The summed E-state index contributed by atoms with van der Waals surface area (Å²) in [6.45, 7) is 0.865. The lowest BCUT2D eigenvalue weighted by molar-refractivity contribution is 0.0954. The van der Waals surface area contributed by atoms with Crippen LogP contribution in [0.2, 0.25) is 0 Å². The third-order valence-corrected chi connectivity index (χ3v) is 4.23. The van der Waals surface area contributed by atoms with Crippen molar-refractivity contribution >= 4 is 17.7 Å². The summed E-state index contributed by atoms with van der Waals surface area (Å²) >= 11 is 1.66. The van der Waals surface area contributed by atoms with E-state index in [0.29, 0.717) is 12.1 Å². The molecule has 5 heteroatoms. The maximum atomic E-state index is 12.1. The second-order valence-electron chi connectivity index (χ2n) is 4.92. The van der Waals surface area contributed by atoms with Gasteiger partial charge < -0.3 is 14.8 Å². The number of carbonyl (C=O) groups excluding carboxylic acids is 1. The molecule has 1 amide bonds. The van der Waals surface area contributed by atoms with Gasteiger partial charge in [0.2, 0.25) is 6.79 Å². The van der Waals surface area contributed by atoms with Gasteiger partial charge in [-0.15, -0.1) is 11.8 Å². The van der Waals surface area contributed by atoms with Gasteiger partial charge in [-0.3, -0.25) is 4.79 Å². The summed E-state index contributed by atoms with van der Waals surface area (Å²) in [5.74, 6) is 1.51. The quantitative estimate of drug-likeness (QED) is 0.861. The van der Waals surface area contributed by atoms with E-state index in [1.54, 1.807) is 11.8 Å². The van der Waals surface area contributed by atoms with E-state index in [0.717, 1.165) is 28.4 Å². The molecule has 1 N–H and O–H groups in total. The summed E-state index contributed by atoms with van der Waals surface area (Å²) in [6, 6.07) is 13.5. The second kappa shape index (κ2) is 6.75. The molecule has 0 radical (unpaired) electrons. The van der Waals surface area contributed by atoms with Gasteiger partial charge in [0.25, 0.3) is 5.91 Å². The molecule has 2 aromatic carbocycles. The number of benzene rings is 2. The molecule has 1 heterocycles. The monoisotopic (exact) mass is 315 g/mol. The summed E-state index contributed by atoms with van der Waals surface area (Å²) in [5.41, 5.74) is 1.80. The van der Waals surface area contributed by atoms with Crippen molar-refractivity contribution in [2.75, 3.05) is 19.6 Å². The van der Waals surface area contributed by atoms with Crippen LogP contribution in [0.3, 0.4) is 0 Å². The van der Waals surface area contributed by atoms with Gasteiger partial charge in [-0.25, -0.2) is 0 Å². The largest absolute Gasteiger partial charge is 0.454 e. The number of hydrogen-bond donors (Lipinski definition) is 1. The van der Waals surface area contributed by atoms with E-state index in [1.165, 1.54) is 0 Å². The fourth-order valence-corrected chi connectivity index (χ4v) is 2.67. The summed E-state index contributed by atoms with van der Waals surface area (Å²) in [6.07, 6.45) is 2.77. The Morgan fingerprint density at radius 3 is 2.68 bits per heavy atom. The number of amides is 1. The van der Waals surface area contributed by atoms with Gasteiger partial charge in [-0.1, -0.05) is 6.07 Å². The molecule has 0 bridgehead atoms. The van der Waals surface area contributed by atoms with Crippen LogP contribution in [0.15, 0.2) is 47.4 Å². The van der Waals surface area contributed by atoms with Crippen molar-refractivity contribution in [3.05, 3.63) is 53.6 Å². The third-order valence-electron chi connectivity index (χ3n) is 3.49. The molecule has 0 fully saturated rings. The highest BCUT2D eigenvalue weighted by Gasteiger charge is 2.13. The Bertz CT molecular complexity index is 670. The molecule has 2 aromatic rings. The van der Waals surface area contributed by atoms with Gasteiger partial charge in [-0.2, -0.15) is 0 Å². The van der Waals surface area contributed by atoms with Crippen LogP contribution in [0.1, 0.15) is 15.9 Å². The molecule has 114 valence electrons. The Balaban J connectivity index is 1.52. The highest BCUT2D eigenvalue weighted by Crippen LogP contribution is 2.32. The number of rotatable bonds is 5. The van der Waals surface area contributed by atoms with E-state index >= 15 is 0 Å². The minimum atomic E-state index is -0.0478. The first-order valence-electron chi connectivity index (χ1n) is 7.07. The number of fused-ring (bicyclic) bond motifs is 1. The van der Waals surface area contributed by atoms with Gasteiger partial charge in [0, 0.05) is 17.0 Å². The molecular formula is C17H17NO3S. The van der Waals surface area contributed by atoms with E-state index in [-0.39, 0.29) is 12.7 Å². The highest BCUT2D eigenvalue weighted by molar-refractivity contribution is 7.98. The zero-order valence-electron chi connectivity index (χ0n) is 12.3. The Morgan fingerprint density at radius 2 is 1.91 bits per heavy atom. The standard InChI is InChI=1S/C17H17NO3S/c1-22-14-5-3-13(4-6-14)17(19)18-9-8-12-2-7-15-16(10-12)21-11-20-15/h2-7,10H,8-9,11H2,1H3,(H,18,19). The molecular weight excluding hydrogens is 298 g/mol. The maximum Gasteiger partial charge on any atom is 0.251 e. The van der Waals surface area contributed by atoms with E-state index in [1.807, 2.05) is 48.7 Å². The van der Waals surface area contributed by atoms with Crippen LogP contribution in [-0.4, -0.2) is 25.5 Å². The Morgan fingerprint density at radius 1 is 1.14 bits per heavy atom. The molecule has 3 rings (SSSR count). The van der Waals surface area contributed by atoms with Crippen molar-refractivity contribution in [3.63, 3.8) is 0 Å². The van der Waals surface area contributed by atoms with Gasteiger partial charge in [0.1, 0.15) is 0 Å². The van der Waals surface area contributed by atoms with Crippen LogP contribution in [0, 0.1) is 0 Å². The van der Waals surface area contributed by atoms with Crippen LogP contribution in [0.4, 0.5) is 0 Å². The maximum absolute atomic E-state index is 12.1. The molecule has 0 saturated heterocycles. The second-order valence-corrected chi connectivity index (χ2v) is 5.80. The fraction of sp³-hybridized carbons (Fsp3) is 0.235. The zero-order chi connectivity index (χ0) is 15.4. The first kappa shape index (κ1) is 14.8. The normalized spacial score (nSPS) is 12.2. The van der Waals surface area contributed by atoms with Crippen molar-refractivity contribution in [1.29, 1.82) is 0 Å². The Labute approximate surface area is 133 Å². The van der Waals surface area contributed by atoms with Crippen molar-refractivity contribution in [1.82, 2.24) is 5.32 Å². The lowest BCUT2D eigenvalue weighted by Gasteiger charge is -2.07. The van der Waals surface area contributed by atoms with Crippen molar-refractivity contribution in [3.8, 4) is 11.5 Å². The first-order valence-corrected chi connectivity index (χ1v) is 8.29. The summed E-state index contributed by atoms with van der Waals surface area (Å²) in [4.78, 5) is 13.2. The van der Waals surface area contributed by atoms with Crippen LogP contribution in [-0.2, 0) is 6.42 Å². The van der Waals surface area contributed by atoms with Gasteiger partial charge >= 0.3 is 0 Å². The van der Waals surface area contributed by atoms with Crippen LogP contribution in [0.25, 0.3) is 0 Å². The minimum Gasteiger partial charge on any atom is -0.454 e. The molecule has 0 saturated carbocycles. The first-order chi connectivity index (χ1) is 10.8. The summed E-state index contributed by atoms with van der Waals surface area (Å²) in [5, 5.41) is 2.93. The number of nitrogens with one attached hydrogen (secondary N) is 1. The smallest absolute Gasteiger partial charge is 0.251 e. The predicted octanol–water partition coefficient (Wildman–Crippen LogP) is 3.11. The number of thioether (sulfide) groups is 1. The lowest BCUT2D eigenvalue weighted by atomic mass is 10.1. The molecule has 22 heavy (non-hydrogen) atoms. The van der Waals surface area contributed by atoms with Gasteiger partial charge in [0.05, 0.1) is 0 Å². The van der Waals surface area contributed by atoms with Crippen molar-refractivity contribution in [2.24, 2.45) is 0 Å². The van der Waals surface area contributed by atoms with E-state index in [4.69, 9.17) is 9.47 Å². The zero-order valence-corrected chi connectivity index (χ0v) is 13.1. The third kappa shape index (κ3) is 3.36. The molecule has 1 aliphatic rings. The molecule has 0 atom stereocenters. The molecule has 0 aliphatic carbocycles. The van der Waals surface area contributed by atoms with E-state index < -0.39 is 0 Å². The lowest BCUT2D eigenvalue weighted by Crippen LogP contribution is -2.25. The van der Waals surface area contributed by atoms with Crippen LogP contribution < -0.4 is 14.8 Å². The SMILES string of the molecule is CSc1ccc(C(=O)NCCc2ccc3c(c2)OCO3)cc1. The molecule has 4 nitrogen and oxygen atoms in total. The summed E-state index contributed by atoms with van der Waals surface area (Å²) < 4.78 is 10.6. The van der Waals surface area contributed by atoms with E-state index in [2.05, 4.69) is 5.32 Å². The molecule has 1 aliphatic heterocycles. The van der Waals surface area contributed by atoms with Gasteiger partial charge in [0.15, 0.2) is 11.5 Å². The fourth-order valence-electron chi connectivity index (χ4n) is 2.26. The Hall–Kier alpha value is -2.14.